The molecule has 2 N–H and O–H groups in total. The van der Waals surface area contributed by atoms with Crippen molar-refractivity contribution in [1.82, 2.24) is 10.2 Å². The third-order valence-corrected chi connectivity index (χ3v) is 5.83. The number of nitrogens with one attached hydrogen (secondary N) is 2. The maximum absolute atomic E-state index is 12.3. The van der Waals surface area contributed by atoms with Gasteiger partial charge in [-0.2, -0.15) is 0 Å². The third kappa shape index (κ3) is 5.93. The molecule has 0 spiro atoms. The molecule has 0 atom stereocenters. The lowest BCUT2D eigenvalue weighted by Gasteiger charge is -2.10. The minimum Gasteiger partial charge on any atom is -0.492 e. The Kier molecular flexibility index (Phi) is 7.45. The summed E-state index contributed by atoms with van der Waals surface area (Å²) in [5.41, 5.74) is 0.968. The first-order valence-corrected chi connectivity index (χ1v) is 10.8. The minimum absolute atomic E-state index is 0.146. The lowest BCUT2D eigenvalue weighted by Crippen LogP contribution is -2.14. The first-order chi connectivity index (χ1) is 14.1. The molecule has 3 aromatic rings. The average Bonchev–Trinajstić information content (AvgIpc) is 3.16. The SMILES string of the molecule is CCOc1ccccc1NC(=O)CSc1nnc(NC(=O)c2ccccc2Cl)s1. The fourth-order valence-electron chi connectivity index (χ4n) is 2.29. The molecular weight excluding hydrogens is 432 g/mol. The van der Waals surface area contributed by atoms with Gasteiger partial charge in [-0.05, 0) is 31.2 Å². The third-order valence-electron chi connectivity index (χ3n) is 3.53. The molecule has 0 fully saturated rings. The molecule has 1 aromatic heterocycles. The van der Waals surface area contributed by atoms with Gasteiger partial charge >= 0.3 is 0 Å². The van der Waals surface area contributed by atoms with Gasteiger partial charge in [-0.25, -0.2) is 0 Å². The summed E-state index contributed by atoms with van der Waals surface area (Å²) in [5.74, 6) is 0.203. The number of carbonyl (C=O) groups is 2. The number of para-hydroxylation sites is 2. The van der Waals surface area contributed by atoms with Crippen LogP contribution in [0.1, 0.15) is 17.3 Å². The summed E-state index contributed by atoms with van der Waals surface area (Å²) in [4.78, 5) is 24.5. The average molecular weight is 449 g/mol. The molecular formula is C19H17ClN4O3S2. The molecule has 3 rings (SSSR count). The molecule has 0 aliphatic rings. The Morgan fingerprint density at radius 2 is 1.86 bits per heavy atom. The van der Waals surface area contributed by atoms with E-state index in [1.165, 1.54) is 23.1 Å². The molecule has 0 aliphatic carbocycles. The molecule has 7 nitrogen and oxygen atoms in total. The number of anilines is 2. The quantitative estimate of drug-likeness (QED) is 0.387. The molecule has 0 aliphatic heterocycles. The van der Waals surface area contributed by atoms with E-state index in [2.05, 4.69) is 20.8 Å². The van der Waals surface area contributed by atoms with Gasteiger partial charge in [0.15, 0.2) is 4.34 Å². The number of amides is 2. The van der Waals surface area contributed by atoms with E-state index in [4.69, 9.17) is 16.3 Å². The Labute approximate surface area is 180 Å². The Balaban J connectivity index is 1.53. The smallest absolute Gasteiger partial charge is 0.259 e. The van der Waals surface area contributed by atoms with Crippen molar-refractivity contribution in [3.05, 3.63) is 59.1 Å². The highest BCUT2D eigenvalue weighted by Gasteiger charge is 2.14. The van der Waals surface area contributed by atoms with Crippen LogP contribution in [0.2, 0.25) is 5.02 Å². The predicted octanol–water partition coefficient (Wildman–Crippen LogP) is 4.57. The van der Waals surface area contributed by atoms with E-state index in [1.54, 1.807) is 36.4 Å². The van der Waals surface area contributed by atoms with Crippen molar-refractivity contribution in [1.29, 1.82) is 0 Å². The van der Waals surface area contributed by atoms with Gasteiger partial charge < -0.3 is 10.1 Å². The molecule has 2 amide bonds. The number of hydrogen-bond donors (Lipinski definition) is 2. The second-order valence-corrected chi connectivity index (χ2v) is 8.18. The predicted molar refractivity (Wildman–Crippen MR) is 116 cm³/mol. The van der Waals surface area contributed by atoms with Gasteiger partial charge in [-0.15, -0.1) is 10.2 Å². The number of hydrogen-bond acceptors (Lipinski definition) is 7. The van der Waals surface area contributed by atoms with Crippen LogP contribution in [0.5, 0.6) is 5.75 Å². The molecule has 29 heavy (non-hydrogen) atoms. The van der Waals surface area contributed by atoms with Gasteiger partial charge in [0.25, 0.3) is 5.91 Å². The van der Waals surface area contributed by atoms with E-state index >= 15 is 0 Å². The normalized spacial score (nSPS) is 10.4. The number of carbonyl (C=O) groups excluding carboxylic acids is 2. The maximum Gasteiger partial charge on any atom is 0.259 e. The molecule has 2 aromatic carbocycles. The van der Waals surface area contributed by atoms with Crippen molar-refractivity contribution < 1.29 is 14.3 Å². The molecule has 150 valence electrons. The Morgan fingerprint density at radius 3 is 2.66 bits per heavy atom. The maximum atomic E-state index is 12.3. The van der Waals surface area contributed by atoms with Gasteiger partial charge in [0.05, 0.1) is 28.6 Å². The van der Waals surface area contributed by atoms with Gasteiger partial charge in [0.1, 0.15) is 5.75 Å². The Hall–Kier alpha value is -2.62. The summed E-state index contributed by atoms with van der Waals surface area (Å²) < 4.78 is 6.06. The molecule has 0 bridgehead atoms. The van der Waals surface area contributed by atoms with E-state index in [0.717, 1.165) is 0 Å². The second kappa shape index (κ2) is 10.2. The van der Waals surface area contributed by atoms with Crippen LogP contribution in [0.15, 0.2) is 52.9 Å². The van der Waals surface area contributed by atoms with E-state index in [-0.39, 0.29) is 17.6 Å². The molecule has 0 saturated carbocycles. The van der Waals surface area contributed by atoms with Crippen LogP contribution >= 0.6 is 34.7 Å². The van der Waals surface area contributed by atoms with Crippen LogP contribution in [0.3, 0.4) is 0 Å². The lowest BCUT2D eigenvalue weighted by molar-refractivity contribution is -0.113. The van der Waals surface area contributed by atoms with Gasteiger partial charge in [-0.1, -0.05) is 59.0 Å². The Morgan fingerprint density at radius 1 is 1.10 bits per heavy atom. The summed E-state index contributed by atoms with van der Waals surface area (Å²) in [7, 11) is 0. The van der Waals surface area contributed by atoms with Crippen LogP contribution in [0.25, 0.3) is 0 Å². The van der Waals surface area contributed by atoms with Gasteiger partial charge in [0.2, 0.25) is 11.0 Å². The lowest BCUT2D eigenvalue weighted by atomic mass is 10.2. The first-order valence-electron chi connectivity index (χ1n) is 8.60. The zero-order valence-corrected chi connectivity index (χ0v) is 17.7. The van der Waals surface area contributed by atoms with Crippen molar-refractivity contribution in [3.63, 3.8) is 0 Å². The van der Waals surface area contributed by atoms with E-state index in [9.17, 15) is 9.59 Å². The fraction of sp³-hybridized carbons (Fsp3) is 0.158. The summed E-state index contributed by atoms with van der Waals surface area (Å²) in [6.07, 6.45) is 0. The number of rotatable bonds is 8. The fourth-order valence-corrected chi connectivity index (χ4v) is 4.06. The van der Waals surface area contributed by atoms with Crippen molar-refractivity contribution >= 4 is 57.3 Å². The van der Waals surface area contributed by atoms with Crippen LogP contribution < -0.4 is 15.4 Å². The second-order valence-electron chi connectivity index (χ2n) is 5.57. The summed E-state index contributed by atoms with van der Waals surface area (Å²) in [5, 5.41) is 14.1. The number of nitrogens with zero attached hydrogens (tertiary/aromatic N) is 2. The summed E-state index contributed by atoms with van der Waals surface area (Å²) in [6.45, 7) is 2.39. The number of halogens is 1. The summed E-state index contributed by atoms with van der Waals surface area (Å²) in [6, 6.07) is 14.0. The van der Waals surface area contributed by atoms with Gasteiger partial charge in [-0.3, -0.25) is 14.9 Å². The van der Waals surface area contributed by atoms with Crippen molar-refractivity contribution in [2.75, 3.05) is 23.0 Å². The van der Waals surface area contributed by atoms with Crippen molar-refractivity contribution in [2.45, 2.75) is 11.3 Å². The minimum atomic E-state index is -0.367. The van der Waals surface area contributed by atoms with Crippen LogP contribution in [-0.2, 0) is 4.79 Å². The number of thioether (sulfide) groups is 1. The highest BCUT2D eigenvalue weighted by Crippen LogP contribution is 2.28. The van der Waals surface area contributed by atoms with Crippen LogP contribution in [0, 0.1) is 0 Å². The standard InChI is InChI=1S/C19H17ClN4O3S2/c1-2-27-15-10-6-5-9-14(15)21-16(25)11-28-19-24-23-18(29-19)22-17(26)12-7-3-4-8-13(12)20/h3-10H,2,11H2,1H3,(H,21,25)(H,22,23,26). The molecule has 0 unspecified atom stereocenters. The van der Waals surface area contributed by atoms with Gasteiger partial charge in [0, 0.05) is 0 Å². The molecule has 0 radical (unpaired) electrons. The summed E-state index contributed by atoms with van der Waals surface area (Å²) >= 11 is 8.43. The Bertz CT molecular complexity index is 1010. The van der Waals surface area contributed by atoms with E-state index in [0.29, 0.717) is 38.1 Å². The van der Waals surface area contributed by atoms with E-state index in [1.807, 2.05) is 19.1 Å². The largest absolute Gasteiger partial charge is 0.492 e. The zero-order chi connectivity index (χ0) is 20.6. The monoisotopic (exact) mass is 448 g/mol. The van der Waals surface area contributed by atoms with Crippen LogP contribution in [0.4, 0.5) is 10.8 Å². The van der Waals surface area contributed by atoms with Crippen molar-refractivity contribution in [2.24, 2.45) is 0 Å². The zero-order valence-electron chi connectivity index (χ0n) is 15.3. The molecule has 10 heteroatoms. The highest BCUT2D eigenvalue weighted by molar-refractivity contribution is 8.01. The topological polar surface area (TPSA) is 93.2 Å². The number of aromatic nitrogens is 2. The molecule has 0 saturated heterocycles. The van der Waals surface area contributed by atoms with Crippen LogP contribution in [-0.4, -0.2) is 34.4 Å². The highest BCUT2D eigenvalue weighted by atomic mass is 35.5. The molecule has 1 heterocycles. The number of benzene rings is 2. The number of ether oxygens (including phenoxy) is 1. The van der Waals surface area contributed by atoms with Crippen molar-refractivity contribution in [3.8, 4) is 5.75 Å². The van der Waals surface area contributed by atoms with E-state index < -0.39 is 0 Å². The first kappa shape index (κ1) is 21.1.